The number of rotatable bonds is 12. The molecule has 4 rings (SSSR count). The highest BCUT2D eigenvalue weighted by molar-refractivity contribution is 5.89. The molecule has 5 nitrogen and oxygen atoms in total. The van der Waals surface area contributed by atoms with E-state index in [1.165, 1.54) is 38.5 Å². The number of hydrogen-bond donors (Lipinski definition) is 1. The van der Waals surface area contributed by atoms with Gasteiger partial charge in [0, 0.05) is 36.4 Å². The predicted molar refractivity (Wildman–Crippen MR) is 144 cm³/mol. The molecular weight excluding hydrogens is 448 g/mol. The lowest BCUT2D eigenvalue weighted by Crippen LogP contribution is -2.56. The zero-order chi connectivity index (χ0) is 25.4. The highest BCUT2D eigenvalue weighted by Gasteiger charge is 2.36. The number of likely N-dealkylation sites (tertiary alicyclic amines) is 1. The zero-order valence-electron chi connectivity index (χ0n) is 22.1. The molecule has 0 aromatic heterocycles. The van der Waals surface area contributed by atoms with Gasteiger partial charge in [-0.1, -0.05) is 81.8 Å². The summed E-state index contributed by atoms with van der Waals surface area (Å²) in [6.07, 6.45) is 11.2. The van der Waals surface area contributed by atoms with Gasteiger partial charge in [0.2, 0.25) is 5.91 Å². The van der Waals surface area contributed by atoms with Crippen molar-refractivity contribution in [1.29, 1.82) is 0 Å². The van der Waals surface area contributed by atoms with Crippen LogP contribution >= 0.6 is 0 Å². The number of amides is 1. The van der Waals surface area contributed by atoms with Crippen LogP contribution in [0.25, 0.3) is 0 Å². The first-order valence-corrected chi connectivity index (χ1v) is 14.0. The number of carbonyl (C=O) groups excluding carboxylic acids is 2. The first-order chi connectivity index (χ1) is 17.5. The molecular formula is C31H43N2O3+. The normalized spacial score (nSPS) is 21.2. The van der Waals surface area contributed by atoms with Crippen LogP contribution in [0, 0.1) is 0 Å². The summed E-state index contributed by atoms with van der Waals surface area (Å²) >= 11 is 0. The Morgan fingerprint density at radius 3 is 2.03 bits per heavy atom. The lowest BCUT2D eigenvalue weighted by Gasteiger charge is -2.40. The standard InChI is InChI=1S/C31H42N2O3/c1-3-4-5-6-7-8-9-14-25(34)23-33(2)21-19-24(20-22-33)32-31(35)30-26-15-10-12-17-28(26)36-29-18-13-11-16-27(29)30/h10-13,15-18,24,30H,3-9,14,19-23H2,1-2H3/p+1. The number of ketones is 1. The molecule has 0 bridgehead atoms. The number of piperidine rings is 1. The molecule has 2 aliphatic heterocycles. The molecule has 1 saturated heterocycles. The van der Waals surface area contributed by atoms with Gasteiger partial charge in [-0.25, -0.2) is 0 Å². The van der Waals surface area contributed by atoms with E-state index >= 15 is 0 Å². The Morgan fingerprint density at radius 2 is 1.42 bits per heavy atom. The fourth-order valence-corrected chi connectivity index (χ4v) is 5.75. The van der Waals surface area contributed by atoms with Gasteiger partial charge in [-0.3, -0.25) is 9.59 Å². The van der Waals surface area contributed by atoms with Gasteiger partial charge in [-0.2, -0.15) is 0 Å². The van der Waals surface area contributed by atoms with E-state index in [9.17, 15) is 9.59 Å². The molecule has 0 saturated carbocycles. The summed E-state index contributed by atoms with van der Waals surface area (Å²) in [5, 5.41) is 3.33. The van der Waals surface area contributed by atoms with Crippen molar-refractivity contribution in [3.8, 4) is 11.5 Å². The molecule has 1 amide bonds. The molecule has 0 atom stereocenters. The average Bonchev–Trinajstić information content (AvgIpc) is 2.88. The summed E-state index contributed by atoms with van der Waals surface area (Å²) in [4.78, 5) is 26.2. The Labute approximate surface area is 216 Å². The highest BCUT2D eigenvalue weighted by Crippen LogP contribution is 2.44. The van der Waals surface area contributed by atoms with Crippen LogP contribution < -0.4 is 10.1 Å². The number of quaternary nitrogens is 1. The van der Waals surface area contributed by atoms with Crippen molar-refractivity contribution in [3.63, 3.8) is 0 Å². The quantitative estimate of drug-likeness (QED) is 0.278. The van der Waals surface area contributed by atoms with Crippen molar-refractivity contribution in [2.24, 2.45) is 0 Å². The van der Waals surface area contributed by atoms with E-state index < -0.39 is 0 Å². The molecule has 0 unspecified atom stereocenters. The summed E-state index contributed by atoms with van der Waals surface area (Å²) in [5.41, 5.74) is 1.84. The van der Waals surface area contributed by atoms with Crippen LogP contribution in [0.5, 0.6) is 11.5 Å². The third-order valence-corrected chi connectivity index (χ3v) is 7.94. The molecule has 2 aromatic carbocycles. The molecule has 1 fully saturated rings. The lowest BCUT2D eigenvalue weighted by molar-refractivity contribution is -0.906. The Morgan fingerprint density at radius 1 is 0.861 bits per heavy atom. The molecule has 2 aliphatic rings. The number of nitrogens with zero attached hydrogens (tertiary/aromatic N) is 1. The third-order valence-electron chi connectivity index (χ3n) is 7.94. The third kappa shape index (κ3) is 6.76. The number of carbonyl (C=O) groups is 2. The van der Waals surface area contributed by atoms with Gasteiger partial charge in [0.15, 0.2) is 5.78 Å². The van der Waals surface area contributed by atoms with Gasteiger partial charge in [0.05, 0.1) is 26.1 Å². The van der Waals surface area contributed by atoms with Gasteiger partial charge < -0.3 is 14.5 Å². The highest BCUT2D eigenvalue weighted by atomic mass is 16.5. The molecule has 36 heavy (non-hydrogen) atoms. The minimum atomic E-state index is -0.363. The molecule has 1 N–H and O–H groups in total. The Hall–Kier alpha value is -2.66. The summed E-state index contributed by atoms with van der Waals surface area (Å²) in [5.74, 6) is 1.57. The molecule has 0 spiro atoms. The molecule has 2 aromatic rings. The van der Waals surface area contributed by atoms with E-state index in [-0.39, 0.29) is 17.9 Å². The van der Waals surface area contributed by atoms with Gasteiger partial charge in [0.25, 0.3) is 0 Å². The number of fused-ring (bicyclic) bond motifs is 2. The van der Waals surface area contributed by atoms with Crippen molar-refractivity contribution >= 4 is 11.7 Å². The molecule has 0 aliphatic carbocycles. The van der Waals surface area contributed by atoms with E-state index in [2.05, 4.69) is 19.3 Å². The number of para-hydroxylation sites is 2. The maximum atomic E-state index is 13.5. The van der Waals surface area contributed by atoms with E-state index in [1.54, 1.807) is 0 Å². The van der Waals surface area contributed by atoms with Crippen molar-refractivity contribution in [2.75, 3.05) is 26.7 Å². The average molecular weight is 492 g/mol. The van der Waals surface area contributed by atoms with Gasteiger partial charge >= 0.3 is 0 Å². The second-order valence-electron chi connectivity index (χ2n) is 11.0. The number of unbranched alkanes of at least 4 members (excludes halogenated alkanes) is 6. The fraction of sp³-hybridized carbons (Fsp3) is 0.548. The van der Waals surface area contributed by atoms with Crippen LogP contribution in [0.2, 0.25) is 0 Å². The first-order valence-electron chi connectivity index (χ1n) is 14.0. The van der Waals surface area contributed by atoms with Crippen LogP contribution in [-0.2, 0) is 9.59 Å². The van der Waals surface area contributed by atoms with Crippen LogP contribution in [0.4, 0.5) is 0 Å². The lowest BCUT2D eigenvalue weighted by atomic mass is 9.86. The smallest absolute Gasteiger partial charge is 0.232 e. The monoisotopic (exact) mass is 491 g/mol. The van der Waals surface area contributed by atoms with E-state index in [0.29, 0.717) is 18.7 Å². The summed E-state index contributed by atoms with van der Waals surface area (Å²) < 4.78 is 6.85. The largest absolute Gasteiger partial charge is 0.457 e. The van der Waals surface area contributed by atoms with Crippen LogP contribution in [0.1, 0.15) is 88.2 Å². The number of benzene rings is 2. The minimum Gasteiger partial charge on any atom is -0.457 e. The van der Waals surface area contributed by atoms with Gasteiger partial charge in [-0.05, 0) is 18.6 Å². The molecule has 2 heterocycles. The molecule has 5 heteroatoms. The van der Waals surface area contributed by atoms with Crippen molar-refractivity contribution in [1.82, 2.24) is 5.32 Å². The maximum Gasteiger partial charge on any atom is 0.232 e. The summed E-state index contributed by atoms with van der Waals surface area (Å²) in [6, 6.07) is 15.8. The van der Waals surface area contributed by atoms with E-state index in [0.717, 1.165) is 59.5 Å². The summed E-state index contributed by atoms with van der Waals surface area (Å²) in [6.45, 7) is 4.71. The Balaban J connectivity index is 1.26. The number of hydrogen-bond acceptors (Lipinski definition) is 3. The second kappa shape index (κ2) is 12.5. The van der Waals surface area contributed by atoms with E-state index in [4.69, 9.17) is 4.74 Å². The van der Waals surface area contributed by atoms with Crippen molar-refractivity contribution in [3.05, 3.63) is 59.7 Å². The number of ether oxygens (including phenoxy) is 1. The minimum absolute atomic E-state index is 0.0364. The summed E-state index contributed by atoms with van der Waals surface area (Å²) in [7, 11) is 2.20. The number of likely N-dealkylation sites (N-methyl/N-ethyl adjacent to an activating group) is 1. The van der Waals surface area contributed by atoms with Gasteiger partial charge in [0.1, 0.15) is 18.0 Å². The van der Waals surface area contributed by atoms with Crippen LogP contribution in [-0.4, -0.2) is 48.9 Å². The number of nitrogens with one attached hydrogen (secondary N) is 1. The van der Waals surface area contributed by atoms with Crippen LogP contribution in [0.15, 0.2) is 48.5 Å². The van der Waals surface area contributed by atoms with E-state index in [1.807, 2.05) is 48.5 Å². The molecule has 0 radical (unpaired) electrons. The first kappa shape index (κ1) is 26.4. The van der Waals surface area contributed by atoms with Crippen molar-refractivity contribution in [2.45, 2.75) is 83.1 Å². The number of Topliss-reactive ketones (excluding diaryl/α,β-unsaturated/α-hetero) is 1. The second-order valence-corrected chi connectivity index (χ2v) is 11.0. The molecule has 194 valence electrons. The fourth-order valence-electron chi connectivity index (χ4n) is 5.75. The Kier molecular flexibility index (Phi) is 9.19. The topological polar surface area (TPSA) is 55.4 Å². The SMILES string of the molecule is CCCCCCCCCC(=O)C[N+]1(C)CCC(NC(=O)C2c3ccccc3Oc3ccccc32)CC1. The maximum absolute atomic E-state index is 13.5. The van der Waals surface area contributed by atoms with Gasteiger partial charge in [-0.15, -0.1) is 0 Å². The Bertz CT molecular complexity index is 980. The predicted octanol–water partition coefficient (Wildman–Crippen LogP) is 6.36. The van der Waals surface area contributed by atoms with Crippen LogP contribution in [0.3, 0.4) is 0 Å². The van der Waals surface area contributed by atoms with Crippen molar-refractivity contribution < 1.29 is 18.8 Å². The zero-order valence-corrected chi connectivity index (χ0v) is 22.1.